The first-order valence-electron chi connectivity index (χ1n) is 6.49. The van der Waals surface area contributed by atoms with Gasteiger partial charge in [-0.25, -0.2) is 4.39 Å². The fraction of sp³-hybridized carbons (Fsp3) is 0.571. The Balaban J connectivity index is 1.75. The van der Waals surface area contributed by atoms with Gasteiger partial charge in [0.2, 0.25) is 0 Å². The molecule has 2 atom stereocenters. The van der Waals surface area contributed by atoms with E-state index in [4.69, 9.17) is 10.5 Å². The van der Waals surface area contributed by atoms with Gasteiger partial charge >= 0.3 is 0 Å². The van der Waals surface area contributed by atoms with Crippen molar-refractivity contribution in [3.63, 3.8) is 0 Å². The molecule has 2 aliphatic carbocycles. The molecule has 2 fully saturated rings. The molecule has 2 unspecified atom stereocenters. The van der Waals surface area contributed by atoms with Gasteiger partial charge in [0.15, 0.2) is 0 Å². The highest BCUT2D eigenvalue weighted by Gasteiger charge is 2.56. The lowest BCUT2D eigenvalue weighted by atomic mass is 9.61. The Labute approximate surface area is 115 Å². The van der Waals surface area contributed by atoms with Crippen LogP contribution in [0.4, 0.5) is 4.39 Å². The second kappa shape index (κ2) is 4.49. The molecule has 3 rings (SSSR count). The molecule has 2 aliphatic rings. The van der Waals surface area contributed by atoms with Crippen molar-refractivity contribution in [2.75, 3.05) is 0 Å². The Hall–Kier alpha value is -0.610. The summed E-state index contributed by atoms with van der Waals surface area (Å²) in [5.41, 5.74) is 6.31. The molecule has 0 aliphatic heterocycles. The van der Waals surface area contributed by atoms with E-state index >= 15 is 0 Å². The third-order valence-electron chi connectivity index (χ3n) is 4.55. The second-order valence-electron chi connectivity index (χ2n) is 5.46. The quantitative estimate of drug-likeness (QED) is 0.905. The fourth-order valence-corrected chi connectivity index (χ4v) is 3.63. The number of hydrogen-bond donors (Lipinski definition) is 1. The van der Waals surface area contributed by atoms with Gasteiger partial charge < -0.3 is 10.5 Å². The molecule has 18 heavy (non-hydrogen) atoms. The first-order valence-corrected chi connectivity index (χ1v) is 7.28. The van der Waals surface area contributed by atoms with Crippen LogP contribution in [0.1, 0.15) is 32.1 Å². The Morgan fingerprint density at radius 2 is 2.06 bits per heavy atom. The number of nitrogens with two attached hydrogens (primary N) is 1. The predicted octanol–water partition coefficient (Wildman–Crippen LogP) is 3.63. The lowest BCUT2D eigenvalue weighted by Gasteiger charge is -2.52. The zero-order valence-electron chi connectivity index (χ0n) is 10.2. The zero-order chi connectivity index (χ0) is 12.8. The molecule has 1 aromatic rings. The topological polar surface area (TPSA) is 35.2 Å². The van der Waals surface area contributed by atoms with Crippen molar-refractivity contribution in [3.8, 4) is 5.75 Å². The standard InChI is InChI=1S/C14H17BrFNO/c15-10-4-3-9(7-11(10)16)18-13-8-12(17)14(13)5-1-2-6-14/h3-4,7,12-13H,1-2,5-6,8,17H2. The number of benzene rings is 1. The van der Waals surface area contributed by atoms with Crippen LogP contribution < -0.4 is 10.5 Å². The van der Waals surface area contributed by atoms with Crippen LogP contribution in [0.5, 0.6) is 5.75 Å². The van der Waals surface area contributed by atoms with Gasteiger partial charge in [-0.1, -0.05) is 12.8 Å². The predicted molar refractivity (Wildman–Crippen MR) is 72.0 cm³/mol. The van der Waals surface area contributed by atoms with Crippen molar-refractivity contribution in [3.05, 3.63) is 28.5 Å². The molecule has 1 aromatic carbocycles. The van der Waals surface area contributed by atoms with Gasteiger partial charge in [0.1, 0.15) is 17.7 Å². The minimum atomic E-state index is -0.281. The van der Waals surface area contributed by atoms with Crippen LogP contribution in [0.25, 0.3) is 0 Å². The highest BCUT2D eigenvalue weighted by Crippen LogP contribution is 2.53. The monoisotopic (exact) mass is 313 g/mol. The van der Waals surface area contributed by atoms with E-state index in [0.717, 1.165) is 19.3 Å². The third-order valence-corrected chi connectivity index (χ3v) is 5.19. The van der Waals surface area contributed by atoms with E-state index in [1.807, 2.05) is 0 Å². The normalized spacial score (nSPS) is 29.3. The molecule has 0 saturated heterocycles. The summed E-state index contributed by atoms with van der Waals surface area (Å²) in [6.07, 6.45) is 5.83. The lowest BCUT2D eigenvalue weighted by molar-refractivity contribution is -0.0621. The second-order valence-corrected chi connectivity index (χ2v) is 6.32. The van der Waals surface area contributed by atoms with Crippen molar-refractivity contribution in [2.24, 2.45) is 11.1 Å². The summed E-state index contributed by atoms with van der Waals surface area (Å²) in [4.78, 5) is 0. The Bertz CT molecular complexity index is 459. The average molecular weight is 314 g/mol. The van der Waals surface area contributed by atoms with Gasteiger partial charge in [-0.3, -0.25) is 0 Å². The fourth-order valence-electron chi connectivity index (χ4n) is 3.38. The summed E-state index contributed by atoms with van der Waals surface area (Å²) in [7, 11) is 0. The van der Waals surface area contributed by atoms with Crippen molar-refractivity contribution in [1.82, 2.24) is 0 Å². The Kier molecular flexibility index (Phi) is 3.10. The smallest absolute Gasteiger partial charge is 0.141 e. The minimum absolute atomic E-state index is 0.156. The molecule has 0 amide bonds. The molecule has 0 radical (unpaired) electrons. The van der Waals surface area contributed by atoms with Crippen molar-refractivity contribution in [1.29, 1.82) is 0 Å². The number of hydrogen-bond acceptors (Lipinski definition) is 2. The molecule has 0 aromatic heterocycles. The number of rotatable bonds is 2. The van der Waals surface area contributed by atoms with Crippen LogP contribution >= 0.6 is 15.9 Å². The van der Waals surface area contributed by atoms with Crippen LogP contribution in [-0.2, 0) is 0 Å². The van der Waals surface area contributed by atoms with E-state index < -0.39 is 0 Å². The van der Waals surface area contributed by atoms with Crippen LogP contribution in [-0.4, -0.2) is 12.1 Å². The summed E-state index contributed by atoms with van der Waals surface area (Å²) in [6, 6.07) is 5.19. The third kappa shape index (κ3) is 1.86. The summed E-state index contributed by atoms with van der Waals surface area (Å²) < 4.78 is 19.9. The van der Waals surface area contributed by atoms with Gasteiger partial charge in [0.05, 0.1) is 4.47 Å². The largest absolute Gasteiger partial charge is 0.490 e. The molecular formula is C14H17BrFNO. The highest BCUT2D eigenvalue weighted by atomic mass is 79.9. The maximum absolute atomic E-state index is 13.4. The minimum Gasteiger partial charge on any atom is -0.490 e. The van der Waals surface area contributed by atoms with E-state index in [-0.39, 0.29) is 23.4 Å². The summed E-state index contributed by atoms with van der Waals surface area (Å²) in [6.45, 7) is 0. The highest BCUT2D eigenvalue weighted by molar-refractivity contribution is 9.10. The molecule has 0 heterocycles. The SMILES string of the molecule is NC1CC(Oc2ccc(Br)c(F)c2)C12CCCC2. The van der Waals surface area contributed by atoms with Crippen LogP contribution in [0, 0.1) is 11.2 Å². The summed E-state index contributed by atoms with van der Waals surface area (Å²) >= 11 is 3.15. The van der Waals surface area contributed by atoms with E-state index in [9.17, 15) is 4.39 Å². The number of halogens is 2. The molecular weight excluding hydrogens is 297 g/mol. The maximum atomic E-state index is 13.4. The molecule has 2 N–H and O–H groups in total. The van der Waals surface area contributed by atoms with E-state index in [0.29, 0.717) is 10.2 Å². The van der Waals surface area contributed by atoms with Crippen molar-refractivity contribution < 1.29 is 9.13 Å². The molecule has 2 saturated carbocycles. The Morgan fingerprint density at radius 1 is 1.33 bits per heavy atom. The van der Waals surface area contributed by atoms with Crippen molar-refractivity contribution >= 4 is 15.9 Å². The van der Waals surface area contributed by atoms with Gasteiger partial charge in [-0.15, -0.1) is 0 Å². The Morgan fingerprint density at radius 3 is 2.67 bits per heavy atom. The average Bonchev–Trinajstić information content (AvgIpc) is 2.85. The van der Waals surface area contributed by atoms with Crippen LogP contribution in [0.15, 0.2) is 22.7 Å². The van der Waals surface area contributed by atoms with Gasteiger partial charge in [-0.2, -0.15) is 0 Å². The number of ether oxygens (including phenoxy) is 1. The van der Waals surface area contributed by atoms with E-state index in [2.05, 4.69) is 15.9 Å². The lowest BCUT2D eigenvalue weighted by Crippen LogP contribution is -2.62. The molecule has 4 heteroatoms. The van der Waals surface area contributed by atoms with Gasteiger partial charge in [0, 0.05) is 23.9 Å². The van der Waals surface area contributed by atoms with Gasteiger partial charge in [-0.05, 0) is 40.9 Å². The molecule has 0 bridgehead atoms. The summed E-state index contributed by atoms with van der Waals surface area (Å²) in [5, 5.41) is 0. The van der Waals surface area contributed by atoms with Gasteiger partial charge in [0.25, 0.3) is 0 Å². The van der Waals surface area contributed by atoms with Crippen molar-refractivity contribution in [2.45, 2.75) is 44.2 Å². The molecule has 98 valence electrons. The van der Waals surface area contributed by atoms with E-state index in [1.165, 1.54) is 18.9 Å². The zero-order valence-corrected chi connectivity index (χ0v) is 11.7. The first-order chi connectivity index (χ1) is 8.62. The first kappa shape index (κ1) is 12.4. The van der Waals surface area contributed by atoms with Crippen LogP contribution in [0.2, 0.25) is 0 Å². The molecule has 1 spiro atoms. The molecule has 2 nitrogen and oxygen atoms in total. The maximum Gasteiger partial charge on any atom is 0.141 e. The summed E-state index contributed by atoms with van der Waals surface area (Å²) in [5.74, 6) is 0.329. The van der Waals surface area contributed by atoms with E-state index in [1.54, 1.807) is 12.1 Å². The van der Waals surface area contributed by atoms with Crippen LogP contribution in [0.3, 0.4) is 0 Å².